The van der Waals surface area contributed by atoms with Crippen molar-refractivity contribution in [3.63, 3.8) is 0 Å². The second-order valence-corrected chi connectivity index (χ2v) is 8.31. The largest absolute Gasteiger partial charge is 0.497 e. The Labute approximate surface area is 201 Å². The van der Waals surface area contributed by atoms with Gasteiger partial charge in [0.2, 0.25) is 0 Å². The smallest absolute Gasteiger partial charge is 0.253 e. The Morgan fingerprint density at radius 1 is 0.857 bits per heavy atom. The number of hydrogen-bond acceptors (Lipinski definition) is 6. The summed E-state index contributed by atoms with van der Waals surface area (Å²) in [5, 5.41) is 6.41. The first-order valence-corrected chi connectivity index (χ1v) is 11.0. The maximum absolute atomic E-state index is 13.8. The van der Waals surface area contributed by atoms with Gasteiger partial charge in [0, 0.05) is 12.6 Å². The third-order valence-electron chi connectivity index (χ3n) is 6.04. The first kappa shape index (κ1) is 24.1. The van der Waals surface area contributed by atoms with Crippen molar-refractivity contribution in [2.24, 2.45) is 0 Å². The molecule has 0 saturated heterocycles. The van der Waals surface area contributed by atoms with Crippen LogP contribution in [-0.4, -0.2) is 7.11 Å². The Balaban J connectivity index is 1.57. The Morgan fingerprint density at radius 2 is 1.46 bits per heavy atom. The van der Waals surface area contributed by atoms with E-state index in [4.69, 9.17) is 10.5 Å². The maximum atomic E-state index is 13.8. The van der Waals surface area contributed by atoms with Gasteiger partial charge in [-0.1, -0.05) is 42.5 Å². The van der Waals surface area contributed by atoms with Crippen LogP contribution in [0.25, 0.3) is 0 Å². The van der Waals surface area contributed by atoms with Crippen molar-refractivity contribution in [1.29, 1.82) is 0 Å². The van der Waals surface area contributed by atoms with Gasteiger partial charge in [0.05, 0.1) is 13.2 Å². The van der Waals surface area contributed by atoms with E-state index in [0.717, 1.165) is 28.5 Å². The lowest BCUT2D eigenvalue weighted by molar-refractivity contribution is 0.414. The fourth-order valence-electron chi connectivity index (χ4n) is 3.91. The highest BCUT2D eigenvalue weighted by atomic mass is 19.2. The third kappa shape index (κ3) is 5.07. The number of benzene rings is 3. The van der Waals surface area contributed by atoms with Gasteiger partial charge in [-0.3, -0.25) is 14.9 Å². The molecule has 0 heterocycles. The van der Waals surface area contributed by atoms with Crippen molar-refractivity contribution in [2.45, 2.75) is 25.6 Å². The van der Waals surface area contributed by atoms with Crippen LogP contribution in [0.15, 0.2) is 76.3 Å². The van der Waals surface area contributed by atoms with Crippen LogP contribution in [0.2, 0.25) is 0 Å². The van der Waals surface area contributed by atoms with Crippen LogP contribution < -0.4 is 32.0 Å². The van der Waals surface area contributed by atoms with E-state index in [1.54, 1.807) is 13.2 Å². The summed E-state index contributed by atoms with van der Waals surface area (Å²) in [6, 6.07) is 18.7. The summed E-state index contributed by atoms with van der Waals surface area (Å²) in [6.45, 7) is 2.22. The Morgan fingerprint density at radius 3 is 2.03 bits per heavy atom. The summed E-state index contributed by atoms with van der Waals surface area (Å²) in [6.07, 6.45) is 0. The molecule has 0 aromatic heterocycles. The van der Waals surface area contributed by atoms with Crippen LogP contribution in [-0.2, 0) is 6.54 Å². The van der Waals surface area contributed by atoms with Crippen LogP contribution in [0.5, 0.6) is 5.75 Å². The van der Waals surface area contributed by atoms with E-state index in [0.29, 0.717) is 12.1 Å². The molecule has 0 aliphatic rings. The number of rotatable bonds is 9. The molecule has 0 aliphatic heterocycles. The van der Waals surface area contributed by atoms with Crippen LogP contribution in [0.4, 0.5) is 20.2 Å². The lowest BCUT2D eigenvalue weighted by atomic mass is 9.95. The van der Waals surface area contributed by atoms with E-state index in [-0.39, 0.29) is 23.5 Å². The molecule has 0 saturated carbocycles. The minimum Gasteiger partial charge on any atom is -0.497 e. The van der Waals surface area contributed by atoms with Crippen molar-refractivity contribution < 1.29 is 13.5 Å². The average Bonchev–Trinajstić information content (AvgIpc) is 2.89. The van der Waals surface area contributed by atoms with E-state index in [9.17, 15) is 18.4 Å². The lowest BCUT2D eigenvalue weighted by Crippen LogP contribution is -2.36. The number of hydrogen-bond donors (Lipinski definition) is 3. The number of methoxy groups -OCH3 is 1. The van der Waals surface area contributed by atoms with Crippen LogP contribution in [0.3, 0.4) is 0 Å². The third-order valence-corrected chi connectivity index (χ3v) is 6.04. The number of halogens is 2. The van der Waals surface area contributed by atoms with Gasteiger partial charge < -0.3 is 15.8 Å². The minimum absolute atomic E-state index is 0.0402. The van der Waals surface area contributed by atoms with Gasteiger partial charge in [-0.05, 0) is 53.4 Å². The Bertz CT molecular complexity index is 1400. The number of nitrogen functional groups attached to an aromatic ring is 1. The van der Waals surface area contributed by atoms with Gasteiger partial charge in [-0.2, -0.15) is 0 Å². The monoisotopic (exact) mass is 477 g/mol. The predicted octanol–water partition coefficient (Wildman–Crippen LogP) is 4.20. The number of nitrogens with two attached hydrogens (primary N) is 1. The summed E-state index contributed by atoms with van der Waals surface area (Å²) >= 11 is 0. The van der Waals surface area contributed by atoms with Crippen molar-refractivity contribution in [3.05, 3.63) is 121 Å². The zero-order chi connectivity index (χ0) is 25.1. The van der Waals surface area contributed by atoms with Gasteiger partial charge in [0.1, 0.15) is 17.1 Å². The summed E-state index contributed by atoms with van der Waals surface area (Å²) in [7, 11) is 1.60. The average molecular weight is 478 g/mol. The van der Waals surface area contributed by atoms with Gasteiger partial charge >= 0.3 is 0 Å². The lowest BCUT2D eigenvalue weighted by Gasteiger charge is -2.25. The zero-order valence-electron chi connectivity index (χ0n) is 19.3. The molecule has 0 bridgehead atoms. The first-order valence-electron chi connectivity index (χ1n) is 11.0. The normalized spacial score (nSPS) is 12.9. The van der Waals surface area contributed by atoms with Crippen molar-refractivity contribution in [2.75, 3.05) is 18.2 Å². The number of ether oxygens (including phenoxy) is 1. The van der Waals surface area contributed by atoms with Gasteiger partial charge in [0.25, 0.3) is 10.9 Å². The molecule has 0 fully saturated rings. The molecule has 0 amide bonds. The minimum atomic E-state index is -0.892. The molecule has 4 aromatic rings. The highest BCUT2D eigenvalue weighted by Crippen LogP contribution is 2.28. The number of anilines is 2. The van der Waals surface area contributed by atoms with E-state index in [1.807, 2.05) is 55.5 Å². The standard InChI is InChI=1S/C27H25F2N3O3/c1-15(19-9-12-21(28)22(29)13-19)32-24(18-7-10-20(35-2)11-8-18)17-5-3-16(4-6-17)14-31-25-23(30)26(33)27(25)34/h3-13,15,24,31-32H,14,30H2,1-2H3. The SMILES string of the molecule is COc1ccc(C(NC(C)c2ccc(F)c(F)c2)c2ccc(CNc3c(N)c(=O)c3=O)cc2)cc1. The van der Waals surface area contributed by atoms with Crippen LogP contribution in [0, 0.1) is 11.6 Å². The molecule has 0 aliphatic carbocycles. The summed E-state index contributed by atoms with van der Waals surface area (Å²) < 4.78 is 32.5. The molecule has 4 N–H and O–H groups in total. The highest BCUT2D eigenvalue weighted by Gasteiger charge is 2.20. The van der Waals surface area contributed by atoms with Gasteiger partial charge in [0.15, 0.2) is 11.6 Å². The predicted molar refractivity (Wildman–Crippen MR) is 132 cm³/mol. The van der Waals surface area contributed by atoms with Crippen molar-refractivity contribution in [1.82, 2.24) is 5.32 Å². The molecular formula is C27H25F2N3O3. The summed E-state index contributed by atoms with van der Waals surface area (Å²) in [5.74, 6) is -1.06. The van der Waals surface area contributed by atoms with Crippen LogP contribution >= 0.6 is 0 Å². The Kier molecular flexibility index (Phi) is 6.93. The molecule has 0 spiro atoms. The molecular weight excluding hydrogens is 452 g/mol. The van der Waals surface area contributed by atoms with E-state index < -0.39 is 22.5 Å². The topological polar surface area (TPSA) is 93.4 Å². The molecule has 180 valence electrons. The molecule has 35 heavy (non-hydrogen) atoms. The zero-order valence-corrected chi connectivity index (χ0v) is 19.3. The van der Waals surface area contributed by atoms with E-state index in [1.165, 1.54) is 6.07 Å². The second kappa shape index (κ2) is 10.1. The molecule has 6 nitrogen and oxygen atoms in total. The van der Waals surface area contributed by atoms with Gasteiger partial charge in [-0.15, -0.1) is 0 Å². The molecule has 4 rings (SSSR count). The fourth-order valence-corrected chi connectivity index (χ4v) is 3.91. The van der Waals surface area contributed by atoms with Crippen LogP contribution in [0.1, 0.15) is 41.3 Å². The molecule has 4 aromatic carbocycles. The second-order valence-electron chi connectivity index (χ2n) is 8.31. The molecule has 2 unspecified atom stereocenters. The van der Waals surface area contributed by atoms with Gasteiger partial charge in [-0.25, -0.2) is 8.78 Å². The molecule has 8 heteroatoms. The number of nitrogens with one attached hydrogen (secondary N) is 2. The highest BCUT2D eigenvalue weighted by molar-refractivity contribution is 5.71. The summed E-state index contributed by atoms with van der Waals surface area (Å²) in [5.41, 5.74) is 7.83. The van der Waals surface area contributed by atoms with Crippen molar-refractivity contribution in [3.8, 4) is 5.75 Å². The quantitative estimate of drug-likeness (QED) is 0.313. The Hall–Kier alpha value is -4.04. The first-order chi connectivity index (χ1) is 16.8. The molecule has 2 atom stereocenters. The molecule has 0 radical (unpaired) electrons. The van der Waals surface area contributed by atoms with E-state index in [2.05, 4.69) is 10.6 Å². The van der Waals surface area contributed by atoms with E-state index >= 15 is 0 Å². The summed E-state index contributed by atoms with van der Waals surface area (Å²) in [4.78, 5) is 22.9. The fraction of sp³-hybridized carbons (Fsp3) is 0.185. The van der Waals surface area contributed by atoms with Crippen molar-refractivity contribution >= 4 is 11.4 Å². The maximum Gasteiger partial charge on any atom is 0.253 e.